The summed E-state index contributed by atoms with van der Waals surface area (Å²) in [6.45, 7) is 1.97. The summed E-state index contributed by atoms with van der Waals surface area (Å²) in [7, 11) is 0. The van der Waals surface area contributed by atoms with Crippen LogP contribution in [-0.4, -0.2) is 33.2 Å². The van der Waals surface area contributed by atoms with Crippen LogP contribution in [0.1, 0.15) is 61.4 Å². The van der Waals surface area contributed by atoms with Crippen LogP contribution in [0.4, 0.5) is 15.8 Å². The minimum absolute atomic E-state index is 0.0350. The van der Waals surface area contributed by atoms with Crippen LogP contribution < -0.4 is 5.32 Å². The Morgan fingerprint density at radius 3 is 2.83 bits per heavy atom. The third kappa shape index (κ3) is 5.40. The average Bonchev–Trinajstić information content (AvgIpc) is 2.73. The second-order valence-corrected chi connectivity index (χ2v) is 7.78. The molecule has 2 aromatic rings. The molecule has 156 valence electrons. The van der Waals surface area contributed by atoms with Crippen LogP contribution in [0.5, 0.6) is 0 Å². The predicted octanol–water partition coefficient (Wildman–Crippen LogP) is 4.40. The highest BCUT2D eigenvalue weighted by molar-refractivity contribution is 6.01. The van der Waals surface area contributed by atoms with Gasteiger partial charge in [0.2, 0.25) is 0 Å². The van der Waals surface area contributed by atoms with Crippen molar-refractivity contribution in [2.45, 2.75) is 64.1 Å². The molecule has 3 rings (SSSR count). The van der Waals surface area contributed by atoms with Gasteiger partial charge in [0.25, 0.3) is 0 Å². The van der Waals surface area contributed by atoms with Gasteiger partial charge in [0.1, 0.15) is 5.82 Å². The maximum atomic E-state index is 14.3. The summed E-state index contributed by atoms with van der Waals surface area (Å²) < 4.78 is 14.3. The van der Waals surface area contributed by atoms with E-state index in [1.165, 1.54) is 12.3 Å². The second kappa shape index (κ2) is 9.94. The largest absolute Gasteiger partial charge is 0.390 e. The van der Waals surface area contributed by atoms with Crippen LogP contribution in [0.3, 0.4) is 0 Å². The Labute approximate surface area is 171 Å². The van der Waals surface area contributed by atoms with E-state index in [1.54, 1.807) is 18.3 Å². The molecule has 0 bridgehead atoms. The van der Waals surface area contributed by atoms with Crippen molar-refractivity contribution in [3.05, 3.63) is 53.6 Å². The van der Waals surface area contributed by atoms with E-state index in [0.717, 1.165) is 24.8 Å². The van der Waals surface area contributed by atoms with Crippen LogP contribution >= 0.6 is 0 Å². The lowest BCUT2D eigenvalue weighted by molar-refractivity contribution is -0.0470. The molecule has 3 N–H and O–H groups in total. The highest BCUT2D eigenvalue weighted by Gasteiger charge is 2.30. The molecule has 1 aliphatic rings. The zero-order chi connectivity index (χ0) is 20.8. The summed E-state index contributed by atoms with van der Waals surface area (Å²) in [6, 6.07) is 6.66. The van der Waals surface area contributed by atoms with Crippen molar-refractivity contribution in [3.63, 3.8) is 0 Å². The standard InChI is InChI=1S/C23H29FN2O3/c1-2-15-9-10-19(18(24)13-15)26-20-14-25-12-11-17(20)21(27)7-3-5-16-6-4-8-22(28)23(16)29/h9-14,16,22-23,26,28-29H,2-8H2,1H3. The van der Waals surface area contributed by atoms with Crippen molar-refractivity contribution in [1.29, 1.82) is 0 Å². The number of halogens is 1. The van der Waals surface area contributed by atoms with Crippen LogP contribution in [0.2, 0.25) is 0 Å². The Morgan fingerprint density at radius 1 is 1.24 bits per heavy atom. The summed E-state index contributed by atoms with van der Waals surface area (Å²) in [5, 5.41) is 22.9. The molecule has 29 heavy (non-hydrogen) atoms. The number of carbonyl (C=O) groups is 1. The molecule has 1 saturated carbocycles. The molecule has 3 unspecified atom stereocenters. The molecule has 0 spiro atoms. The first-order valence-corrected chi connectivity index (χ1v) is 10.4. The number of aliphatic hydroxyl groups excluding tert-OH is 2. The maximum Gasteiger partial charge on any atom is 0.165 e. The molecule has 1 aliphatic carbocycles. The number of aliphatic hydroxyl groups is 2. The molecular formula is C23H29FN2O3. The zero-order valence-electron chi connectivity index (χ0n) is 16.8. The molecule has 3 atom stereocenters. The van der Waals surface area contributed by atoms with Crippen LogP contribution in [0.15, 0.2) is 36.7 Å². The van der Waals surface area contributed by atoms with E-state index in [9.17, 15) is 19.4 Å². The quantitative estimate of drug-likeness (QED) is 0.572. The Balaban J connectivity index is 1.63. The number of aromatic nitrogens is 1. The maximum absolute atomic E-state index is 14.3. The van der Waals surface area contributed by atoms with E-state index in [-0.39, 0.29) is 17.5 Å². The lowest BCUT2D eigenvalue weighted by atomic mass is 9.81. The number of nitrogens with one attached hydrogen (secondary N) is 1. The highest BCUT2D eigenvalue weighted by atomic mass is 19.1. The number of benzene rings is 1. The van der Waals surface area contributed by atoms with E-state index in [2.05, 4.69) is 10.3 Å². The smallest absolute Gasteiger partial charge is 0.165 e. The van der Waals surface area contributed by atoms with Gasteiger partial charge in [0.15, 0.2) is 5.78 Å². The van der Waals surface area contributed by atoms with Crippen molar-refractivity contribution in [2.24, 2.45) is 5.92 Å². The van der Waals surface area contributed by atoms with Gasteiger partial charge in [-0.15, -0.1) is 0 Å². The summed E-state index contributed by atoms with van der Waals surface area (Å²) in [5.74, 6) is -0.379. The molecular weight excluding hydrogens is 371 g/mol. The molecule has 6 heteroatoms. The lowest BCUT2D eigenvalue weighted by Gasteiger charge is -2.31. The van der Waals surface area contributed by atoms with Crippen LogP contribution in [0.25, 0.3) is 0 Å². The summed E-state index contributed by atoms with van der Waals surface area (Å²) >= 11 is 0. The first-order chi connectivity index (χ1) is 14.0. The fourth-order valence-electron chi connectivity index (χ4n) is 3.98. The number of hydrogen-bond donors (Lipinski definition) is 3. The van der Waals surface area contributed by atoms with Crippen molar-refractivity contribution in [3.8, 4) is 0 Å². The highest BCUT2D eigenvalue weighted by Crippen LogP contribution is 2.30. The van der Waals surface area contributed by atoms with Gasteiger partial charge in [0, 0.05) is 18.2 Å². The van der Waals surface area contributed by atoms with Gasteiger partial charge in [-0.05, 0) is 61.8 Å². The van der Waals surface area contributed by atoms with Crippen molar-refractivity contribution >= 4 is 17.2 Å². The normalized spacial score (nSPS) is 21.7. The van der Waals surface area contributed by atoms with Crippen molar-refractivity contribution in [2.75, 3.05) is 5.32 Å². The monoisotopic (exact) mass is 400 g/mol. The molecule has 1 aromatic carbocycles. The number of carbonyl (C=O) groups excluding carboxylic acids is 1. The Hall–Kier alpha value is -2.31. The number of nitrogens with zero attached hydrogens (tertiary/aromatic N) is 1. The van der Waals surface area contributed by atoms with Crippen molar-refractivity contribution in [1.82, 2.24) is 4.98 Å². The van der Waals surface area contributed by atoms with Gasteiger partial charge in [-0.1, -0.05) is 19.4 Å². The molecule has 0 aliphatic heterocycles. The minimum Gasteiger partial charge on any atom is -0.390 e. The number of pyridine rings is 1. The Kier molecular flexibility index (Phi) is 7.34. The third-order valence-corrected chi connectivity index (χ3v) is 5.76. The fraction of sp³-hybridized carbons (Fsp3) is 0.478. The Morgan fingerprint density at radius 2 is 2.07 bits per heavy atom. The first kappa shape index (κ1) is 21.4. The van der Waals surface area contributed by atoms with Gasteiger partial charge >= 0.3 is 0 Å². The topological polar surface area (TPSA) is 82.5 Å². The fourth-order valence-corrected chi connectivity index (χ4v) is 3.98. The molecule has 1 heterocycles. The number of hydrogen-bond acceptors (Lipinski definition) is 5. The van der Waals surface area contributed by atoms with Gasteiger partial charge < -0.3 is 15.5 Å². The van der Waals surface area contributed by atoms with E-state index in [1.807, 2.05) is 13.0 Å². The number of aryl methyl sites for hydroxylation is 1. The first-order valence-electron chi connectivity index (χ1n) is 10.4. The average molecular weight is 400 g/mol. The van der Waals surface area contributed by atoms with Crippen LogP contribution in [-0.2, 0) is 6.42 Å². The molecule has 5 nitrogen and oxygen atoms in total. The van der Waals surface area contributed by atoms with E-state index < -0.39 is 12.2 Å². The van der Waals surface area contributed by atoms with Gasteiger partial charge in [-0.25, -0.2) is 4.39 Å². The van der Waals surface area contributed by atoms with E-state index in [0.29, 0.717) is 42.6 Å². The third-order valence-electron chi connectivity index (χ3n) is 5.76. The number of ketones is 1. The summed E-state index contributed by atoms with van der Waals surface area (Å²) in [6.07, 6.45) is 6.55. The van der Waals surface area contributed by atoms with Gasteiger partial charge in [-0.3, -0.25) is 9.78 Å². The van der Waals surface area contributed by atoms with Crippen LogP contribution in [0, 0.1) is 11.7 Å². The molecule has 0 saturated heterocycles. The number of Topliss-reactive ketones (excluding diaryl/α,β-unsaturated/α-hetero) is 1. The minimum atomic E-state index is -0.703. The van der Waals surface area contributed by atoms with E-state index in [4.69, 9.17) is 0 Å². The predicted molar refractivity (Wildman–Crippen MR) is 111 cm³/mol. The lowest BCUT2D eigenvalue weighted by Crippen LogP contribution is -2.37. The van der Waals surface area contributed by atoms with Gasteiger partial charge in [-0.2, -0.15) is 0 Å². The number of rotatable bonds is 8. The molecule has 1 aromatic heterocycles. The number of anilines is 2. The Bertz CT molecular complexity index is 843. The summed E-state index contributed by atoms with van der Waals surface area (Å²) in [4.78, 5) is 16.8. The SMILES string of the molecule is CCc1ccc(Nc2cnccc2C(=O)CCCC2CCCC(O)C2O)c(F)c1. The molecule has 0 amide bonds. The molecule has 0 radical (unpaired) electrons. The second-order valence-electron chi connectivity index (χ2n) is 7.78. The zero-order valence-corrected chi connectivity index (χ0v) is 16.8. The van der Waals surface area contributed by atoms with E-state index >= 15 is 0 Å². The summed E-state index contributed by atoms with van der Waals surface area (Å²) in [5.41, 5.74) is 2.17. The molecule has 1 fully saturated rings. The van der Waals surface area contributed by atoms with Crippen molar-refractivity contribution < 1.29 is 19.4 Å². The van der Waals surface area contributed by atoms with Gasteiger partial charge in [0.05, 0.1) is 29.8 Å².